The van der Waals surface area contributed by atoms with E-state index in [1.54, 1.807) is 12.1 Å². The molecule has 3 aliphatic rings. The van der Waals surface area contributed by atoms with Gasteiger partial charge in [0, 0.05) is 30.6 Å². The highest BCUT2D eigenvalue weighted by atomic mass is 16.5. The second-order valence-electron chi connectivity index (χ2n) is 9.00. The number of hydrogen-bond acceptors (Lipinski definition) is 7. The van der Waals surface area contributed by atoms with Crippen LogP contribution in [-0.4, -0.2) is 66.6 Å². The van der Waals surface area contributed by atoms with Crippen LogP contribution >= 0.6 is 0 Å². The number of amides is 3. The van der Waals surface area contributed by atoms with Gasteiger partial charge in [-0.25, -0.2) is 0 Å². The third-order valence-corrected chi connectivity index (χ3v) is 6.60. The van der Waals surface area contributed by atoms with E-state index in [2.05, 4.69) is 10.2 Å². The van der Waals surface area contributed by atoms with Crippen LogP contribution in [-0.2, 0) is 38.8 Å². The molecule has 2 fully saturated rings. The molecule has 0 saturated carbocycles. The summed E-state index contributed by atoms with van der Waals surface area (Å²) in [5.41, 5.74) is 3.41. The molecule has 0 aliphatic carbocycles. The predicted octanol–water partition coefficient (Wildman–Crippen LogP) is 1.83. The lowest BCUT2D eigenvalue weighted by molar-refractivity contribution is -0.136. The molecule has 0 spiro atoms. The minimum Gasteiger partial charge on any atom is -0.489 e. The van der Waals surface area contributed by atoms with Crippen molar-refractivity contribution in [1.82, 2.24) is 15.1 Å². The first kappa shape index (κ1) is 23.5. The summed E-state index contributed by atoms with van der Waals surface area (Å²) in [5.74, 6) is -0.294. The highest BCUT2D eigenvalue weighted by molar-refractivity contribution is 6.05. The van der Waals surface area contributed by atoms with E-state index in [1.807, 2.05) is 30.3 Å². The van der Waals surface area contributed by atoms with Gasteiger partial charge in [-0.2, -0.15) is 0 Å². The van der Waals surface area contributed by atoms with E-state index < -0.39 is 11.9 Å². The molecular formula is C26H29N3O6. The average molecular weight is 480 g/mol. The van der Waals surface area contributed by atoms with Gasteiger partial charge in [0.15, 0.2) is 0 Å². The largest absolute Gasteiger partial charge is 0.489 e. The fourth-order valence-electron chi connectivity index (χ4n) is 4.61. The van der Waals surface area contributed by atoms with E-state index in [0.717, 1.165) is 43.0 Å². The van der Waals surface area contributed by atoms with Crippen LogP contribution in [0.5, 0.6) is 5.75 Å². The Morgan fingerprint density at radius 2 is 1.71 bits per heavy atom. The maximum Gasteiger partial charge on any atom is 0.255 e. The quantitative estimate of drug-likeness (QED) is 0.577. The van der Waals surface area contributed by atoms with Gasteiger partial charge in [-0.3, -0.25) is 24.6 Å². The molecule has 3 aliphatic heterocycles. The first-order chi connectivity index (χ1) is 17.1. The van der Waals surface area contributed by atoms with Crippen LogP contribution in [0, 0.1) is 0 Å². The lowest BCUT2D eigenvalue weighted by Crippen LogP contribution is -2.52. The summed E-state index contributed by atoms with van der Waals surface area (Å²) in [6, 6.07) is 12.8. The number of fused-ring (bicyclic) bond motifs is 1. The zero-order valence-electron chi connectivity index (χ0n) is 19.5. The summed E-state index contributed by atoms with van der Waals surface area (Å²) < 4.78 is 17.2. The highest BCUT2D eigenvalue weighted by Gasteiger charge is 2.40. The number of nitrogens with one attached hydrogen (secondary N) is 1. The summed E-state index contributed by atoms with van der Waals surface area (Å²) in [5, 5.41) is 2.33. The van der Waals surface area contributed by atoms with Crippen molar-refractivity contribution < 1.29 is 28.6 Å². The predicted molar refractivity (Wildman–Crippen MR) is 125 cm³/mol. The Kier molecular flexibility index (Phi) is 7.08. The monoisotopic (exact) mass is 479 g/mol. The van der Waals surface area contributed by atoms with Gasteiger partial charge in [0.1, 0.15) is 18.4 Å². The van der Waals surface area contributed by atoms with Gasteiger partial charge in [0.25, 0.3) is 5.91 Å². The van der Waals surface area contributed by atoms with Crippen molar-refractivity contribution in [2.24, 2.45) is 0 Å². The van der Waals surface area contributed by atoms with Gasteiger partial charge < -0.3 is 19.1 Å². The number of piperidine rings is 1. The molecule has 2 aromatic carbocycles. The molecule has 35 heavy (non-hydrogen) atoms. The number of morpholine rings is 1. The molecule has 0 aromatic heterocycles. The number of nitrogens with zero attached hydrogens (tertiary/aromatic N) is 2. The van der Waals surface area contributed by atoms with Crippen molar-refractivity contribution in [3.05, 3.63) is 64.7 Å². The fourth-order valence-corrected chi connectivity index (χ4v) is 4.61. The summed E-state index contributed by atoms with van der Waals surface area (Å²) in [6.07, 6.45) is 0.567. The van der Waals surface area contributed by atoms with Gasteiger partial charge in [0.2, 0.25) is 11.8 Å². The second kappa shape index (κ2) is 10.6. The first-order valence-corrected chi connectivity index (χ1v) is 11.9. The van der Waals surface area contributed by atoms with Crippen LogP contribution in [0.4, 0.5) is 0 Å². The molecule has 2 saturated heterocycles. The Balaban J connectivity index is 1.16. The van der Waals surface area contributed by atoms with Crippen molar-refractivity contribution >= 4 is 17.7 Å². The number of hydrogen-bond donors (Lipinski definition) is 1. The Morgan fingerprint density at radius 1 is 0.971 bits per heavy atom. The molecule has 1 atom stereocenters. The first-order valence-electron chi connectivity index (χ1n) is 11.9. The standard InChI is InChI=1S/C26H29N3O6/c30-24-9-8-22(25(31)27-24)29-14-21-20(26(29)32)2-1-3-23(21)35-16-19-6-4-18(5-7-19)15-34-17-28-10-12-33-13-11-28/h1-7,22H,8-17H2,(H,27,30,31). The molecule has 184 valence electrons. The number of carbonyl (C=O) groups excluding carboxylic acids is 3. The molecule has 2 aromatic rings. The SMILES string of the molecule is O=C1CCC(N2Cc3c(OCc4ccc(COCN5CCOCC5)cc4)cccc3C2=O)C(=O)N1. The lowest BCUT2D eigenvalue weighted by Gasteiger charge is -2.29. The fraction of sp³-hybridized carbons (Fsp3) is 0.423. The van der Waals surface area contributed by atoms with Crippen molar-refractivity contribution in [1.29, 1.82) is 0 Å². The molecule has 9 heteroatoms. The Bertz CT molecular complexity index is 1100. The maximum atomic E-state index is 13.0. The van der Waals surface area contributed by atoms with Gasteiger partial charge in [-0.15, -0.1) is 0 Å². The Morgan fingerprint density at radius 3 is 2.46 bits per heavy atom. The molecule has 5 rings (SSSR count). The Labute approximate surface area is 203 Å². The molecule has 3 amide bonds. The highest BCUT2D eigenvalue weighted by Crippen LogP contribution is 2.34. The van der Waals surface area contributed by atoms with E-state index in [-0.39, 0.29) is 24.8 Å². The van der Waals surface area contributed by atoms with Gasteiger partial charge in [-0.05, 0) is 29.7 Å². The van der Waals surface area contributed by atoms with Crippen LogP contribution in [0.25, 0.3) is 0 Å². The number of rotatable bonds is 8. The van der Waals surface area contributed by atoms with Crippen LogP contribution in [0.15, 0.2) is 42.5 Å². The normalized spacial score (nSPS) is 20.6. The molecule has 0 bridgehead atoms. The van der Waals surface area contributed by atoms with Crippen LogP contribution in [0.1, 0.15) is 39.9 Å². The number of imide groups is 1. The minimum atomic E-state index is -0.640. The topological polar surface area (TPSA) is 97.4 Å². The third-order valence-electron chi connectivity index (χ3n) is 6.60. The number of carbonyl (C=O) groups is 3. The lowest BCUT2D eigenvalue weighted by atomic mass is 10.0. The van der Waals surface area contributed by atoms with Crippen LogP contribution in [0.2, 0.25) is 0 Å². The van der Waals surface area contributed by atoms with Crippen molar-refractivity contribution in [3.63, 3.8) is 0 Å². The van der Waals surface area contributed by atoms with E-state index in [9.17, 15) is 14.4 Å². The van der Waals surface area contributed by atoms with Gasteiger partial charge in [-0.1, -0.05) is 30.3 Å². The van der Waals surface area contributed by atoms with Crippen molar-refractivity contribution in [2.45, 2.75) is 38.6 Å². The van der Waals surface area contributed by atoms with Crippen LogP contribution in [0.3, 0.4) is 0 Å². The van der Waals surface area contributed by atoms with E-state index >= 15 is 0 Å². The summed E-state index contributed by atoms with van der Waals surface area (Å²) >= 11 is 0. The van der Waals surface area contributed by atoms with Crippen molar-refractivity contribution in [3.8, 4) is 5.75 Å². The molecule has 3 heterocycles. The second-order valence-corrected chi connectivity index (χ2v) is 9.00. The number of benzene rings is 2. The average Bonchev–Trinajstić information content (AvgIpc) is 3.21. The summed E-state index contributed by atoms with van der Waals surface area (Å²) in [7, 11) is 0. The maximum absolute atomic E-state index is 13.0. The molecule has 1 N–H and O–H groups in total. The van der Waals surface area contributed by atoms with E-state index in [1.165, 1.54) is 4.90 Å². The van der Waals surface area contributed by atoms with Crippen molar-refractivity contribution in [2.75, 3.05) is 33.0 Å². The minimum absolute atomic E-state index is 0.207. The molecule has 1 unspecified atom stereocenters. The zero-order valence-corrected chi connectivity index (χ0v) is 19.5. The summed E-state index contributed by atoms with van der Waals surface area (Å²) in [4.78, 5) is 40.5. The van der Waals surface area contributed by atoms with Gasteiger partial charge in [0.05, 0.1) is 33.1 Å². The summed E-state index contributed by atoms with van der Waals surface area (Å²) in [6.45, 7) is 5.10. The van der Waals surface area contributed by atoms with E-state index in [4.69, 9.17) is 14.2 Å². The molecule has 9 nitrogen and oxygen atoms in total. The van der Waals surface area contributed by atoms with E-state index in [0.29, 0.717) is 37.7 Å². The smallest absolute Gasteiger partial charge is 0.255 e. The zero-order chi connectivity index (χ0) is 24.2. The van der Waals surface area contributed by atoms with Gasteiger partial charge >= 0.3 is 0 Å². The third kappa shape index (κ3) is 5.37. The molecular weight excluding hydrogens is 450 g/mol. The molecule has 0 radical (unpaired) electrons. The van der Waals surface area contributed by atoms with Crippen LogP contribution < -0.4 is 10.1 Å². The number of ether oxygens (including phenoxy) is 3. The Hall–Kier alpha value is -3.27.